The van der Waals surface area contributed by atoms with Crippen LogP contribution in [-0.4, -0.2) is 7.05 Å². The number of nitrogens with zero attached hydrogens (tertiary/aromatic N) is 2. The van der Waals surface area contributed by atoms with Crippen molar-refractivity contribution in [2.24, 2.45) is 0 Å². The van der Waals surface area contributed by atoms with Crippen LogP contribution in [0.1, 0.15) is 16.7 Å². The van der Waals surface area contributed by atoms with Gasteiger partial charge in [-0.1, -0.05) is 6.07 Å². The van der Waals surface area contributed by atoms with E-state index in [0.717, 1.165) is 11.4 Å². The van der Waals surface area contributed by atoms with E-state index in [1.807, 2.05) is 31.3 Å². The average Bonchev–Trinajstić information content (AvgIpc) is 2.37. The molecule has 0 aliphatic rings. The summed E-state index contributed by atoms with van der Waals surface area (Å²) in [5, 5.41) is 8.79. The summed E-state index contributed by atoms with van der Waals surface area (Å²) in [6.07, 6.45) is 0. The summed E-state index contributed by atoms with van der Waals surface area (Å²) in [6, 6.07) is 16.2. The molecule has 0 saturated heterocycles. The summed E-state index contributed by atoms with van der Waals surface area (Å²) < 4.78 is 0. The molecule has 0 aromatic heterocycles. The fraction of sp³-hybridized carbons (Fsp3) is 0.188. The SMILES string of the molecule is Cc1cc(C)cc(N(C)c2ccc(C#N)cc2)c1. The van der Waals surface area contributed by atoms with Crippen LogP contribution in [0.5, 0.6) is 0 Å². The van der Waals surface area contributed by atoms with Crippen LogP contribution in [0.3, 0.4) is 0 Å². The first-order valence-electron chi connectivity index (χ1n) is 5.92. The molecule has 0 aliphatic heterocycles. The number of hydrogen-bond acceptors (Lipinski definition) is 2. The molecule has 0 bridgehead atoms. The van der Waals surface area contributed by atoms with Crippen LogP contribution < -0.4 is 4.90 Å². The molecule has 18 heavy (non-hydrogen) atoms. The van der Waals surface area contributed by atoms with Crippen molar-refractivity contribution in [3.63, 3.8) is 0 Å². The lowest BCUT2D eigenvalue weighted by molar-refractivity contribution is 1.19. The number of anilines is 2. The molecule has 2 heteroatoms. The van der Waals surface area contributed by atoms with Gasteiger partial charge in [-0.25, -0.2) is 0 Å². The summed E-state index contributed by atoms with van der Waals surface area (Å²) in [4.78, 5) is 2.13. The molecule has 2 aromatic carbocycles. The Hall–Kier alpha value is -2.27. The van der Waals surface area contributed by atoms with E-state index in [0.29, 0.717) is 5.56 Å². The lowest BCUT2D eigenvalue weighted by Crippen LogP contribution is -2.09. The highest BCUT2D eigenvalue weighted by Crippen LogP contribution is 2.25. The largest absolute Gasteiger partial charge is 0.345 e. The normalized spacial score (nSPS) is 9.89. The molecule has 0 heterocycles. The first-order chi connectivity index (χ1) is 8.60. The van der Waals surface area contributed by atoms with Gasteiger partial charge in [-0.05, 0) is 61.4 Å². The molecule has 0 amide bonds. The molecule has 0 fully saturated rings. The Morgan fingerprint density at radius 1 is 0.889 bits per heavy atom. The Balaban J connectivity index is 2.35. The maximum absolute atomic E-state index is 8.79. The lowest BCUT2D eigenvalue weighted by atomic mass is 10.1. The van der Waals surface area contributed by atoms with Gasteiger partial charge in [0.25, 0.3) is 0 Å². The Labute approximate surface area is 108 Å². The highest BCUT2D eigenvalue weighted by atomic mass is 15.1. The number of benzene rings is 2. The lowest BCUT2D eigenvalue weighted by Gasteiger charge is -2.20. The summed E-state index contributed by atoms with van der Waals surface area (Å²) in [5.74, 6) is 0. The van der Waals surface area contributed by atoms with Crippen LogP contribution >= 0.6 is 0 Å². The zero-order chi connectivity index (χ0) is 13.1. The molecule has 2 aromatic rings. The number of hydrogen-bond donors (Lipinski definition) is 0. The Bertz CT molecular complexity index is 571. The molecule has 0 radical (unpaired) electrons. The molecule has 0 unspecified atom stereocenters. The van der Waals surface area contributed by atoms with E-state index in [1.165, 1.54) is 11.1 Å². The summed E-state index contributed by atoms with van der Waals surface area (Å²) in [5.41, 5.74) is 5.44. The van der Waals surface area contributed by atoms with Gasteiger partial charge in [0.15, 0.2) is 0 Å². The zero-order valence-corrected chi connectivity index (χ0v) is 10.9. The van der Waals surface area contributed by atoms with Gasteiger partial charge in [0.1, 0.15) is 0 Å². The molecule has 2 rings (SSSR count). The van der Waals surface area contributed by atoms with Crippen molar-refractivity contribution in [2.45, 2.75) is 13.8 Å². The van der Waals surface area contributed by atoms with Crippen LogP contribution in [-0.2, 0) is 0 Å². The minimum absolute atomic E-state index is 0.688. The number of nitriles is 1. The molecule has 0 aliphatic carbocycles. The van der Waals surface area contributed by atoms with Crippen LogP contribution in [0.15, 0.2) is 42.5 Å². The number of aryl methyl sites for hydroxylation is 2. The van der Waals surface area contributed by atoms with Crippen molar-refractivity contribution in [3.05, 3.63) is 59.2 Å². The van der Waals surface area contributed by atoms with Gasteiger partial charge in [0.2, 0.25) is 0 Å². The van der Waals surface area contributed by atoms with Gasteiger partial charge >= 0.3 is 0 Å². The van der Waals surface area contributed by atoms with E-state index in [2.05, 4.69) is 43.0 Å². The van der Waals surface area contributed by atoms with E-state index in [9.17, 15) is 0 Å². The topological polar surface area (TPSA) is 27.0 Å². The standard InChI is InChI=1S/C16H16N2/c1-12-8-13(2)10-16(9-12)18(3)15-6-4-14(11-17)5-7-15/h4-10H,1-3H3. The molecular weight excluding hydrogens is 220 g/mol. The first kappa shape index (κ1) is 12.2. The molecule has 0 atom stereocenters. The van der Waals surface area contributed by atoms with Gasteiger partial charge in [0, 0.05) is 18.4 Å². The van der Waals surface area contributed by atoms with Crippen LogP contribution in [0.4, 0.5) is 11.4 Å². The predicted molar refractivity (Wildman–Crippen MR) is 75.1 cm³/mol. The molecule has 0 N–H and O–H groups in total. The third kappa shape index (κ3) is 2.52. The summed E-state index contributed by atoms with van der Waals surface area (Å²) in [6.45, 7) is 4.20. The van der Waals surface area contributed by atoms with E-state index < -0.39 is 0 Å². The second-order valence-electron chi connectivity index (χ2n) is 4.56. The highest BCUT2D eigenvalue weighted by molar-refractivity contribution is 5.64. The van der Waals surface area contributed by atoms with Gasteiger partial charge in [-0.15, -0.1) is 0 Å². The quantitative estimate of drug-likeness (QED) is 0.789. The van der Waals surface area contributed by atoms with Crippen LogP contribution in [0.2, 0.25) is 0 Å². The van der Waals surface area contributed by atoms with E-state index in [1.54, 1.807) is 0 Å². The highest BCUT2D eigenvalue weighted by Gasteiger charge is 2.05. The molecule has 0 saturated carbocycles. The zero-order valence-electron chi connectivity index (χ0n) is 10.9. The fourth-order valence-electron chi connectivity index (χ4n) is 2.05. The van der Waals surface area contributed by atoms with Crippen molar-refractivity contribution in [1.82, 2.24) is 0 Å². The van der Waals surface area contributed by atoms with Crippen molar-refractivity contribution in [2.75, 3.05) is 11.9 Å². The number of rotatable bonds is 2. The Kier molecular flexibility index (Phi) is 3.34. The second kappa shape index (κ2) is 4.93. The second-order valence-corrected chi connectivity index (χ2v) is 4.56. The van der Waals surface area contributed by atoms with Crippen LogP contribution in [0.25, 0.3) is 0 Å². The third-order valence-corrected chi connectivity index (χ3v) is 2.98. The van der Waals surface area contributed by atoms with Crippen molar-refractivity contribution in [3.8, 4) is 6.07 Å². The minimum atomic E-state index is 0.688. The molecule has 90 valence electrons. The fourth-order valence-corrected chi connectivity index (χ4v) is 2.05. The smallest absolute Gasteiger partial charge is 0.0991 e. The third-order valence-electron chi connectivity index (χ3n) is 2.98. The minimum Gasteiger partial charge on any atom is -0.345 e. The predicted octanol–water partition coefficient (Wildman–Crippen LogP) is 3.94. The van der Waals surface area contributed by atoms with Crippen molar-refractivity contribution in [1.29, 1.82) is 5.26 Å². The monoisotopic (exact) mass is 236 g/mol. The summed E-state index contributed by atoms with van der Waals surface area (Å²) in [7, 11) is 2.04. The van der Waals surface area contributed by atoms with E-state index in [4.69, 9.17) is 5.26 Å². The van der Waals surface area contributed by atoms with E-state index >= 15 is 0 Å². The Morgan fingerprint density at radius 3 is 1.94 bits per heavy atom. The van der Waals surface area contributed by atoms with E-state index in [-0.39, 0.29) is 0 Å². The summed E-state index contributed by atoms with van der Waals surface area (Å²) >= 11 is 0. The van der Waals surface area contributed by atoms with Crippen molar-refractivity contribution < 1.29 is 0 Å². The Morgan fingerprint density at radius 2 is 1.44 bits per heavy atom. The first-order valence-corrected chi connectivity index (χ1v) is 5.92. The maximum Gasteiger partial charge on any atom is 0.0991 e. The van der Waals surface area contributed by atoms with Gasteiger partial charge < -0.3 is 4.90 Å². The van der Waals surface area contributed by atoms with Crippen molar-refractivity contribution >= 4 is 11.4 Å². The molecular formula is C16H16N2. The van der Waals surface area contributed by atoms with Gasteiger partial charge in [-0.2, -0.15) is 5.26 Å². The molecule has 2 nitrogen and oxygen atoms in total. The maximum atomic E-state index is 8.79. The molecule has 0 spiro atoms. The van der Waals surface area contributed by atoms with Crippen LogP contribution in [0, 0.1) is 25.2 Å². The average molecular weight is 236 g/mol. The van der Waals surface area contributed by atoms with Gasteiger partial charge in [0.05, 0.1) is 11.6 Å². The van der Waals surface area contributed by atoms with Gasteiger partial charge in [-0.3, -0.25) is 0 Å².